The van der Waals surface area contributed by atoms with E-state index in [1.54, 1.807) is 42.4 Å². The minimum atomic E-state index is -0.486. The van der Waals surface area contributed by atoms with E-state index in [1.165, 1.54) is 0 Å². The number of likely N-dealkylation sites (tertiary alicyclic amines) is 1. The van der Waals surface area contributed by atoms with Crippen molar-refractivity contribution in [3.05, 3.63) is 28.3 Å². The summed E-state index contributed by atoms with van der Waals surface area (Å²) in [7, 11) is 3.59. The van der Waals surface area contributed by atoms with Gasteiger partial charge in [-0.1, -0.05) is 11.6 Å². The molecule has 1 spiro atoms. The minimum Gasteiger partial charge on any atom is -0.490 e. The zero-order chi connectivity index (χ0) is 21.4. The van der Waals surface area contributed by atoms with Gasteiger partial charge in [-0.2, -0.15) is 5.10 Å². The molecule has 1 saturated carbocycles. The predicted octanol–water partition coefficient (Wildman–Crippen LogP) is 3.83. The van der Waals surface area contributed by atoms with Crippen LogP contribution >= 0.6 is 11.6 Å². The Bertz CT molecular complexity index is 818. The smallest absolute Gasteiger partial charge is 0.410 e. The molecular formula is C21H28ClN3O4. The van der Waals surface area contributed by atoms with Crippen LogP contribution in [0.15, 0.2) is 17.2 Å². The second-order valence-electron chi connectivity index (χ2n) is 9.07. The normalized spacial score (nSPS) is 18.3. The number of nitrogens with zero attached hydrogens (tertiary/aromatic N) is 3. The summed E-state index contributed by atoms with van der Waals surface area (Å²) in [6.07, 6.45) is 3.79. The van der Waals surface area contributed by atoms with E-state index >= 15 is 0 Å². The lowest BCUT2D eigenvalue weighted by atomic mass is 9.62. The number of ether oxygens (including phenoxy) is 2. The van der Waals surface area contributed by atoms with Crippen molar-refractivity contribution in [3.63, 3.8) is 0 Å². The zero-order valence-electron chi connectivity index (χ0n) is 17.6. The molecule has 2 fully saturated rings. The summed E-state index contributed by atoms with van der Waals surface area (Å²) in [5.74, 6) is 0.588. The third-order valence-corrected chi connectivity index (χ3v) is 5.38. The lowest BCUT2D eigenvalue weighted by Gasteiger charge is -2.58. The standard InChI is InChI=1S/C21H28ClN3O4/c1-20(2,3)29-19(27)25-12-21(13-25)8-14(9-21)28-18-7-6-17(22)16(11-26)15(18)10-23-24(4)5/h6-7,10-11,14H,8-9,12-13H2,1-5H3/b23-10-. The van der Waals surface area contributed by atoms with E-state index in [2.05, 4.69) is 5.10 Å². The molecular weight excluding hydrogens is 394 g/mol. The zero-order valence-corrected chi connectivity index (χ0v) is 18.3. The van der Waals surface area contributed by atoms with Gasteiger partial charge in [0.15, 0.2) is 6.29 Å². The first-order valence-corrected chi connectivity index (χ1v) is 10.0. The van der Waals surface area contributed by atoms with Crippen LogP contribution < -0.4 is 4.74 Å². The van der Waals surface area contributed by atoms with Gasteiger partial charge in [0, 0.05) is 43.7 Å². The first-order chi connectivity index (χ1) is 13.5. The molecule has 1 heterocycles. The monoisotopic (exact) mass is 421 g/mol. The third-order valence-electron chi connectivity index (χ3n) is 5.05. The van der Waals surface area contributed by atoms with Gasteiger partial charge in [-0.3, -0.25) is 4.79 Å². The van der Waals surface area contributed by atoms with Crippen LogP contribution in [-0.2, 0) is 4.74 Å². The van der Waals surface area contributed by atoms with Gasteiger partial charge in [0.2, 0.25) is 0 Å². The number of halogens is 1. The maximum absolute atomic E-state index is 12.1. The molecule has 1 aromatic carbocycles. The fraction of sp³-hybridized carbons (Fsp3) is 0.571. The number of hydrazone groups is 1. The van der Waals surface area contributed by atoms with E-state index in [1.807, 2.05) is 20.8 Å². The largest absolute Gasteiger partial charge is 0.490 e. The summed E-state index contributed by atoms with van der Waals surface area (Å²) in [6, 6.07) is 3.43. The van der Waals surface area contributed by atoms with Crippen LogP contribution in [-0.4, -0.2) is 67.4 Å². The van der Waals surface area contributed by atoms with Crippen LogP contribution in [0, 0.1) is 5.41 Å². The molecule has 1 aliphatic carbocycles. The van der Waals surface area contributed by atoms with Crippen molar-refractivity contribution < 1.29 is 19.1 Å². The second-order valence-corrected chi connectivity index (χ2v) is 9.47. The first-order valence-electron chi connectivity index (χ1n) is 9.65. The van der Waals surface area contributed by atoms with Gasteiger partial charge >= 0.3 is 6.09 Å². The number of hydrogen-bond acceptors (Lipinski definition) is 6. The van der Waals surface area contributed by atoms with Crippen LogP contribution in [0.2, 0.25) is 5.02 Å². The number of rotatable bonds is 5. The van der Waals surface area contributed by atoms with Crippen LogP contribution in [0.25, 0.3) is 0 Å². The quantitative estimate of drug-likeness (QED) is 0.410. The molecule has 0 radical (unpaired) electrons. The Kier molecular flexibility index (Phi) is 5.81. The highest BCUT2D eigenvalue weighted by Gasteiger charge is 2.55. The van der Waals surface area contributed by atoms with E-state index in [0.29, 0.717) is 35.0 Å². The summed E-state index contributed by atoms with van der Waals surface area (Å²) in [5.41, 5.74) is 0.564. The van der Waals surface area contributed by atoms with Crippen molar-refractivity contribution in [3.8, 4) is 5.75 Å². The highest BCUT2D eigenvalue weighted by atomic mass is 35.5. The van der Waals surface area contributed by atoms with Crippen LogP contribution in [0.1, 0.15) is 49.5 Å². The molecule has 3 rings (SSSR count). The third kappa shape index (κ3) is 4.83. The van der Waals surface area contributed by atoms with Gasteiger partial charge in [-0.15, -0.1) is 0 Å². The average molecular weight is 422 g/mol. The maximum Gasteiger partial charge on any atom is 0.410 e. The Morgan fingerprint density at radius 2 is 1.93 bits per heavy atom. The van der Waals surface area contributed by atoms with Gasteiger partial charge in [0.05, 0.1) is 11.2 Å². The number of carbonyl (C=O) groups is 2. The molecule has 0 atom stereocenters. The van der Waals surface area contributed by atoms with Crippen LogP contribution in [0.5, 0.6) is 5.75 Å². The SMILES string of the molecule is CN(C)/N=C\c1c(OC2CC3(C2)CN(C(=O)OC(C)(C)C)C3)ccc(Cl)c1C=O. The molecule has 29 heavy (non-hydrogen) atoms. The molecule has 7 nitrogen and oxygen atoms in total. The van der Waals surface area contributed by atoms with Crippen molar-refractivity contribution in [2.24, 2.45) is 10.5 Å². The van der Waals surface area contributed by atoms with Crippen molar-refractivity contribution in [2.45, 2.75) is 45.3 Å². The summed E-state index contributed by atoms with van der Waals surface area (Å²) in [6.45, 7) is 6.98. The summed E-state index contributed by atoms with van der Waals surface area (Å²) < 4.78 is 11.6. The fourth-order valence-electron chi connectivity index (χ4n) is 3.76. The van der Waals surface area contributed by atoms with Gasteiger partial charge in [0.25, 0.3) is 0 Å². The molecule has 1 amide bonds. The topological polar surface area (TPSA) is 71.4 Å². The number of amides is 1. The highest BCUT2D eigenvalue weighted by molar-refractivity contribution is 6.33. The van der Waals surface area contributed by atoms with Crippen LogP contribution in [0.4, 0.5) is 4.79 Å². The van der Waals surface area contributed by atoms with E-state index in [4.69, 9.17) is 21.1 Å². The number of benzene rings is 1. The van der Waals surface area contributed by atoms with E-state index in [-0.39, 0.29) is 17.6 Å². The van der Waals surface area contributed by atoms with Crippen LogP contribution in [0.3, 0.4) is 0 Å². The Balaban J connectivity index is 1.61. The molecule has 2 aliphatic rings. The summed E-state index contributed by atoms with van der Waals surface area (Å²) in [4.78, 5) is 25.4. The van der Waals surface area contributed by atoms with Gasteiger partial charge in [0.1, 0.15) is 17.5 Å². The molecule has 0 aromatic heterocycles. The van der Waals surface area contributed by atoms with E-state index < -0.39 is 5.60 Å². The predicted molar refractivity (Wildman–Crippen MR) is 112 cm³/mol. The van der Waals surface area contributed by atoms with Gasteiger partial charge in [-0.25, -0.2) is 4.79 Å². The van der Waals surface area contributed by atoms with E-state index in [9.17, 15) is 9.59 Å². The Hall–Kier alpha value is -2.28. The fourth-order valence-corrected chi connectivity index (χ4v) is 3.97. The Morgan fingerprint density at radius 3 is 2.48 bits per heavy atom. The number of hydrogen-bond donors (Lipinski definition) is 0. The van der Waals surface area contributed by atoms with Crippen molar-refractivity contribution in [1.29, 1.82) is 0 Å². The molecule has 1 saturated heterocycles. The molecule has 8 heteroatoms. The maximum atomic E-state index is 12.1. The van der Waals surface area contributed by atoms with Gasteiger partial charge < -0.3 is 19.4 Å². The Morgan fingerprint density at radius 1 is 1.28 bits per heavy atom. The van der Waals surface area contributed by atoms with Crippen molar-refractivity contribution in [1.82, 2.24) is 9.91 Å². The van der Waals surface area contributed by atoms with E-state index in [0.717, 1.165) is 19.1 Å². The minimum absolute atomic E-state index is 0.0305. The van der Waals surface area contributed by atoms with Gasteiger partial charge in [-0.05, 0) is 45.7 Å². The molecule has 158 valence electrons. The second kappa shape index (κ2) is 7.86. The van der Waals surface area contributed by atoms with Crippen molar-refractivity contribution in [2.75, 3.05) is 27.2 Å². The Labute approximate surface area is 176 Å². The molecule has 1 aliphatic heterocycles. The molecule has 0 unspecified atom stereocenters. The average Bonchev–Trinajstić information content (AvgIpc) is 2.53. The number of carbonyl (C=O) groups excluding carboxylic acids is 2. The molecule has 1 aromatic rings. The first kappa shape index (κ1) is 21.4. The molecule has 0 bridgehead atoms. The molecule has 0 N–H and O–H groups in total. The summed E-state index contributed by atoms with van der Waals surface area (Å²) >= 11 is 6.16. The van der Waals surface area contributed by atoms with Crippen molar-refractivity contribution >= 4 is 30.2 Å². The lowest BCUT2D eigenvalue weighted by molar-refractivity contribution is -0.116. The number of aldehydes is 1. The summed E-state index contributed by atoms with van der Waals surface area (Å²) in [5, 5.41) is 6.23. The lowest BCUT2D eigenvalue weighted by Crippen LogP contribution is -2.66. The highest BCUT2D eigenvalue weighted by Crippen LogP contribution is 2.50.